The molecule has 3 rings (SSSR count). The third kappa shape index (κ3) is 3.92. The number of anilines is 1. The van der Waals surface area contributed by atoms with Crippen LogP contribution < -0.4 is 15.8 Å². The minimum atomic E-state index is -0.551. The molecule has 1 fully saturated rings. The van der Waals surface area contributed by atoms with Gasteiger partial charge in [-0.15, -0.1) is 0 Å². The van der Waals surface area contributed by atoms with Crippen LogP contribution in [0.4, 0.5) is 5.82 Å². The predicted molar refractivity (Wildman–Crippen MR) is 101 cm³/mol. The smallest absolute Gasteiger partial charge is 0.250 e. The molecular formula is C19H22ClN3O3. The highest BCUT2D eigenvalue weighted by Crippen LogP contribution is 2.36. The lowest BCUT2D eigenvalue weighted by Gasteiger charge is -2.38. The van der Waals surface area contributed by atoms with Crippen molar-refractivity contribution in [2.45, 2.75) is 18.3 Å². The van der Waals surface area contributed by atoms with Gasteiger partial charge in [-0.05, 0) is 36.6 Å². The van der Waals surface area contributed by atoms with Gasteiger partial charge in [0.15, 0.2) is 0 Å². The number of pyridine rings is 1. The van der Waals surface area contributed by atoms with E-state index < -0.39 is 5.91 Å². The van der Waals surface area contributed by atoms with Gasteiger partial charge in [0.2, 0.25) is 5.91 Å². The van der Waals surface area contributed by atoms with E-state index in [1.807, 2.05) is 12.1 Å². The van der Waals surface area contributed by atoms with Crippen LogP contribution >= 0.6 is 11.6 Å². The first kappa shape index (κ1) is 18.5. The Kier molecular flexibility index (Phi) is 5.64. The van der Waals surface area contributed by atoms with E-state index in [0.717, 1.165) is 18.6 Å². The summed E-state index contributed by atoms with van der Waals surface area (Å²) in [4.78, 5) is 15.5. The van der Waals surface area contributed by atoms with Gasteiger partial charge in [0.1, 0.15) is 11.6 Å². The van der Waals surface area contributed by atoms with Crippen LogP contribution in [-0.2, 0) is 10.2 Å². The molecule has 0 spiro atoms. The average molecular weight is 376 g/mol. The Balaban J connectivity index is 1.81. The molecule has 0 unspecified atom stereocenters. The summed E-state index contributed by atoms with van der Waals surface area (Å²) in [5.41, 5.74) is 6.69. The van der Waals surface area contributed by atoms with Crippen molar-refractivity contribution in [1.82, 2.24) is 4.98 Å². The van der Waals surface area contributed by atoms with E-state index in [1.54, 1.807) is 7.11 Å². The maximum Gasteiger partial charge on any atom is 0.250 e. The number of nitrogens with one attached hydrogen (secondary N) is 1. The fourth-order valence-electron chi connectivity index (χ4n) is 3.23. The van der Waals surface area contributed by atoms with Crippen molar-refractivity contribution in [2.75, 3.05) is 32.2 Å². The Morgan fingerprint density at radius 3 is 2.62 bits per heavy atom. The maximum atomic E-state index is 11.2. The summed E-state index contributed by atoms with van der Waals surface area (Å²) in [7, 11) is 1.66. The largest absolute Gasteiger partial charge is 0.497 e. The number of methoxy groups -OCH3 is 1. The van der Waals surface area contributed by atoms with Crippen LogP contribution in [0.1, 0.15) is 28.8 Å². The van der Waals surface area contributed by atoms with Gasteiger partial charge in [0, 0.05) is 31.4 Å². The number of benzene rings is 1. The normalized spacial score (nSPS) is 16.1. The highest BCUT2D eigenvalue weighted by Gasteiger charge is 2.34. The van der Waals surface area contributed by atoms with Crippen molar-refractivity contribution >= 4 is 23.3 Å². The molecule has 0 bridgehead atoms. The predicted octanol–water partition coefficient (Wildman–Crippen LogP) is 3.00. The molecule has 0 atom stereocenters. The van der Waals surface area contributed by atoms with Crippen molar-refractivity contribution in [2.24, 2.45) is 5.73 Å². The summed E-state index contributed by atoms with van der Waals surface area (Å²) in [6, 6.07) is 9.66. The summed E-state index contributed by atoms with van der Waals surface area (Å²) >= 11 is 6.25. The molecule has 1 aliphatic heterocycles. The van der Waals surface area contributed by atoms with Crippen molar-refractivity contribution in [1.29, 1.82) is 0 Å². The Hall–Kier alpha value is -2.31. The van der Waals surface area contributed by atoms with Crippen LogP contribution in [0.15, 0.2) is 36.5 Å². The molecule has 7 heteroatoms. The van der Waals surface area contributed by atoms with E-state index >= 15 is 0 Å². The standard InChI is InChI=1S/C19H22ClN3O3/c1-25-15-4-2-14(3-5-15)19(6-8-26-9-7-19)12-23-18-16(20)10-13(11-22-18)17(21)24/h2-5,10-11H,6-9,12H2,1H3,(H2,21,24)(H,22,23). The molecule has 138 valence electrons. The molecular weight excluding hydrogens is 354 g/mol. The number of carbonyl (C=O) groups excluding carboxylic acids is 1. The molecule has 26 heavy (non-hydrogen) atoms. The number of hydrogen-bond donors (Lipinski definition) is 2. The zero-order chi connectivity index (χ0) is 18.6. The van der Waals surface area contributed by atoms with Gasteiger partial charge in [0.25, 0.3) is 0 Å². The molecule has 1 aromatic heterocycles. The van der Waals surface area contributed by atoms with Gasteiger partial charge in [-0.2, -0.15) is 0 Å². The van der Waals surface area contributed by atoms with Gasteiger partial charge >= 0.3 is 0 Å². The van der Waals surface area contributed by atoms with Crippen LogP contribution in [0, 0.1) is 0 Å². The van der Waals surface area contributed by atoms with Gasteiger partial charge in [0.05, 0.1) is 17.7 Å². The first-order valence-electron chi connectivity index (χ1n) is 8.45. The molecule has 3 N–H and O–H groups in total. The van der Waals surface area contributed by atoms with Crippen molar-refractivity contribution in [3.05, 3.63) is 52.7 Å². The zero-order valence-corrected chi connectivity index (χ0v) is 15.4. The van der Waals surface area contributed by atoms with Crippen molar-refractivity contribution in [3.63, 3.8) is 0 Å². The third-order valence-corrected chi connectivity index (χ3v) is 5.16. The number of primary amides is 1. The highest BCUT2D eigenvalue weighted by molar-refractivity contribution is 6.33. The SMILES string of the molecule is COc1ccc(C2(CNc3ncc(C(N)=O)cc3Cl)CCOCC2)cc1. The second-order valence-electron chi connectivity index (χ2n) is 6.39. The second kappa shape index (κ2) is 7.93. The number of nitrogens with zero attached hydrogens (tertiary/aromatic N) is 1. The van der Waals surface area contributed by atoms with Crippen molar-refractivity contribution in [3.8, 4) is 5.75 Å². The molecule has 1 aromatic carbocycles. The number of carbonyl (C=O) groups is 1. The maximum absolute atomic E-state index is 11.2. The van der Waals surface area contributed by atoms with E-state index in [-0.39, 0.29) is 11.0 Å². The highest BCUT2D eigenvalue weighted by atomic mass is 35.5. The van der Waals surface area contributed by atoms with Crippen LogP contribution in [0.2, 0.25) is 5.02 Å². The van der Waals surface area contributed by atoms with Gasteiger partial charge in [-0.1, -0.05) is 23.7 Å². The Morgan fingerprint density at radius 1 is 1.35 bits per heavy atom. The Bertz CT molecular complexity index is 774. The minimum Gasteiger partial charge on any atom is -0.497 e. The molecule has 0 radical (unpaired) electrons. The van der Waals surface area contributed by atoms with E-state index in [9.17, 15) is 4.79 Å². The fraction of sp³-hybridized carbons (Fsp3) is 0.368. The van der Waals surface area contributed by atoms with Crippen LogP contribution in [0.3, 0.4) is 0 Å². The molecule has 2 aromatic rings. The first-order valence-corrected chi connectivity index (χ1v) is 8.83. The Labute approximate surface area is 157 Å². The molecule has 0 saturated carbocycles. The van der Waals surface area contributed by atoms with Crippen LogP contribution in [-0.4, -0.2) is 37.8 Å². The lowest BCUT2D eigenvalue weighted by Crippen LogP contribution is -2.40. The quantitative estimate of drug-likeness (QED) is 0.810. The summed E-state index contributed by atoms with van der Waals surface area (Å²) in [5.74, 6) is 0.816. The number of aromatic nitrogens is 1. The number of halogens is 1. The van der Waals surface area contributed by atoms with Gasteiger partial charge in [-0.3, -0.25) is 4.79 Å². The third-order valence-electron chi connectivity index (χ3n) is 4.87. The molecule has 2 heterocycles. The topological polar surface area (TPSA) is 86.5 Å². The molecule has 6 nitrogen and oxygen atoms in total. The van der Waals surface area contributed by atoms with E-state index in [2.05, 4.69) is 22.4 Å². The van der Waals surface area contributed by atoms with Crippen molar-refractivity contribution < 1.29 is 14.3 Å². The fourth-order valence-corrected chi connectivity index (χ4v) is 3.46. The number of rotatable bonds is 6. The van der Waals surface area contributed by atoms with Gasteiger partial charge in [-0.25, -0.2) is 4.98 Å². The summed E-state index contributed by atoms with van der Waals surface area (Å²) in [6.07, 6.45) is 3.22. The summed E-state index contributed by atoms with van der Waals surface area (Å²) in [5, 5.41) is 3.71. The van der Waals surface area contributed by atoms with E-state index in [0.29, 0.717) is 30.6 Å². The Morgan fingerprint density at radius 2 is 2.04 bits per heavy atom. The van der Waals surface area contributed by atoms with E-state index in [1.165, 1.54) is 17.8 Å². The second-order valence-corrected chi connectivity index (χ2v) is 6.80. The molecule has 1 saturated heterocycles. The number of nitrogens with two attached hydrogens (primary N) is 1. The van der Waals surface area contributed by atoms with E-state index in [4.69, 9.17) is 26.8 Å². The zero-order valence-electron chi connectivity index (χ0n) is 14.6. The lowest BCUT2D eigenvalue weighted by atomic mass is 9.74. The number of hydrogen-bond acceptors (Lipinski definition) is 5. The molecule has 1 amide bonds. The summed E-state index contributed by atoms with van der Waals surface area (Å²) < 4.78 is 10.8. The number of amides is 1. The number of ether oxygens (including phenoxy) is 2. The monoisotopic (exact) mass is 375 g/mol. The lowest BCUT2D eigenvalue weighted by molar-refractivity contribution is 0.0543. The van der Waals surface area contributed by atoms with Crippen LogP contribution in [0.5, 0.6) is 5.75 Å². The first-order chi connectivity index (χ1) is 12.5. The van der Waals surface area contributed by atoms with Crippen LogP contribution in [0.25, 0.3) is 0 Å². The molecule has 1 aliphatic rings. The average Bonchev–Trinajstić information content (AvgIpc) is 2.67. The molecule has 0 aliphatic carbocycles. The van der Waals surface area contributed by atoms with Gasteiger partial charge < -0.3 is 20.5 Å². The summed E-state index contributed by atoms with van der Waals surface area (Å²) in [6.45, 7) is 2.07. The minimum absolute atomic E-state index is 0.0854.